The van der Waals surface area contributed by atoms with Gasteiger partial charge in [-0.05, 0) is 54.5 Å². The Kier molecular flexibility index (Phi) is 5.47. The average molecular weight is 409 g/mol. The maximum atomic E-state index is 10.1. The molecular formula is C23H30N5O2+. The van der Waals surface area contributed by atoms with Crippen LogP contribution in [0.2, 0.25) is 0 Å². The molecule has 1 aliphatic rings. The Bertz CT molecular complexity index is 1030. The molecular weight excluding hydrogens is 378 g/mol. The van der Waals surface area contributed by atoms with Crippen molar-refractivity contribution in [2.75, 3.05) is 13.7 Å². The summed E-state index contributed by atoms with van der Waals surface area (Å²) in [6.45, 7) is 8.33. The number of ether oxygens (including phenoxy) is 1. The number of hydrogen-bond donors (Lipinski definition) is 2. The quantitative estimate of drug-likeness (QED) is 0.654. The summed E-state index contributed by atoms with van der Waals surface area (Å²) in [5.41, 5.74) is 3.60. The van der Waals surface area contributed by atoms with E-state index in [9.17, 15) is 5.11 Å². The van der Waals surface area contributed by atoms with Gasteiger partial charge in [0, 0.05) is 17.5 Å². The molecule has 2 N–H and O–H groups in total. The smallest absolute Gasteiger partial charge is 0.214 e. The van der Waals surface area contributed by atoms with Crippen LogP contribution in [0.5, 0.6) is 11.5 Å². The predicted molar refractivity (Wildman–Crippen MR) is 114 cm³/mol. The number of methoxy groups -OCH3 is 1. The van der Waals surface area contributed by atoms with E-state index in [0.717, 1.165) is 37.3 Å². The molecule has 0 fully saturated rings. The maximum absolute atomic E-state index is 10.1. The third-order valence-electron chi connectivity index (χ3n) is 6.39. The first-order chi connectivity index (χ1) is 14.4. The van der Waals surface area contributed by atoms with Crippen LogP contribution in [-0.4, -0.2) is 39.0 Å². The standard InChI is InChI=1S/C23H29N5O2/c1-5-23(2,3)28-22(24-25-26-28)21(17-10-11-19(29)20(14-17)30-4)27-13-12-16-8-6-7-9-18(16)15-27/h6-11,14,21,29H,5,12-13,15H2,1-4H3/p+1/t21-/m1/s1. The summed E-state index contributed by atoms with van der Waals surface area (Å²) in [4.78, 5) is 1.38. The monoisotopic (exact) mass is 408 g/mol. The van der Waals surface area contributed by atoms with Gasteiger partial charge >= 0.3 is 0 Å². The second-order valence-corrected chi connectivity index (χ2v) is 8.58. The number of tetrazole rings is 1. The molecule has 1 aliphatic heterocycles. The number of aromatic hydroxyl groups is 1. The highest BCUT2D eigenvalue weighted by molar-refractivity contribution is 5.43. The van der Waals surface area contributed by atoms with Gasteiger partial charge in [0.05, 0.1) is 19.2 Å². The summed E-state index contributed by atoms with van der Waals surface area (Å²) in [7, 11) is 1.57. The molecule has 7 nitrogen and oxygen atoms in total. The number of hydrogen-bond acceptors (Lipinski definition) is 5. The van der Waals surface area contributed by atoms with Crippen LogP contribution in [-0.2, 0) is 18.5 Å². The molecule has 2 atom stereocenters. The Morgan fingerprint density at radius 2 is 1.97 bits per heavy atom. The van der Waals surface area contributed by atoms with Gasteiger partial charge in [-0.25, -0.2) is 4.68 Å². The van der Waals surface area contributed by atoms with Gasteiger partial charge in [0.25, 0.3) is 0 Å². The molecule has 0 saturated carbocycles. The van der Waals surface area contributed by atoms with E-state index in [1.165, 1.54) is 16.0 Å². The predicted octanol–water partition coefficient (Wildman–Crippen LogP) is 2.26. The number of nitrogens with zero attached hydrogens (tertiary/aromatic N) is 4. The van der Waals surface area contributed by atoms with Crippen LogP contribution in [0, 0.1) is 0 Å². The number of quaternary nitrogens is 1. The summed E-state index contributed by atoms with van der Waals surface area (Å²) >= 11 is 0. The van der Waals surface area contributed by atoms with E-state index in [0.29, 0.717) is 5.75 Å². The highest BCUT2D eigenvalue weighted by atomic mass is 16.5. The largest absolute Gasteiger partial charge is 0.504 e. The molecule has 4 rings (SSSR count). The Balaban J connectivity index is 1.82. The minimum atomic E-state index is -0.203. The van der Waals surface area contributed by atoms with Crippen molar-refractivity contribution in [1.29, 1.82) is 0 Å². The van der Waals surface area contributed by atoms with Gasteiger partial charge in [-0.1, -0.05) is 31.2 Å². The highest BCUT2D eigenvalue weighted by Gasteiger charge is 2.37. The molecule has 0 bridgehead atoms. The third kappa shape index (κ3) is 3.65. The molecule has 2 aromatic carbocycles. The van der Waals surface area contributed by atoms with Crippen LogP contribution in [0.1, 0.15) is 55.7 Å². The Morgan fingerprint density at radius 1 is 1.20 bits per heavy atom. The second kappa shape index (κ2) is 8.07. The molecule has 2 heterocycles. The number of aromatic nitrogens is 4. The first kappa shape index (κ1) is 20.3. The number of fused-ring (bicyclic) bond motifs is 1. The van der Waals surface area contributed by atoms with E-state index in [2.05, 4.69) is 60.6 Å². The highest BCUT2D eigenvalue weighted by Crippen LogP contribution is 2.32. The molecule has 1 aromatic heterocycles. The maximum Gasteiger partial charge on any atom is 0.214 e. The van der Waals surface area contributed by atoms with E-state index in [1.807, 2.05) is 16.8 Å². The van der Waals surface area contributed by atoms with Crippen molar-refractivity contribution in [2.45, 2.75) is 51.7 Å². The van der Waals surface area contributed by atoms with Crippen LogP contribution in [0.15, 0.2) is 42.5 Å². The molecule has 0 aliphatic carbocycles. The lowest BCUT2D eigenvalue weighted by molar-refractivity contribution is -0.942. The molecule has 158 valence electrons. The molecule has 0 radical (unpaired) electrons. The SMILES string of the molecule is CCC(C)(C)n1nnnc1[C@@H](c1ccc(O)c(OC)c1)[NH+]1CCc2ccccc2C1. The zero-order chi connectivity index (χ0) is 21.3. The van der Waals surface area contributed by atoms with Crippen LogP contribution in [0.3, 0.4) is 0 Å². The molecule has 3 aromatic rings. The number of benzene rings is 2. The topological polar surface area (TPSA) is 77.5 Å². The molecule has 0 spiro atoms. The molecule has 0 amide bonds. The van der Waals surface area contributed by atoms with Gasteiger partial charge in [-0.2, -0.15) is 0 Å². The van der Waals surface area contributed by atoms with Crippen molar-refractivity contribution in [3.05, 3.63) is 65.0 Å². The van der Waals surface area contributed by atoms with E-state index >= 15 is 0 Å². The molecule has 0 saturated heterocycles. The normalized spacial score (nSPS) is 17.4. The fourth-order valence-corrected chi connectivity index (χ4v) is 4.24. The Labute approximate surface area is 177 Å². The lowest BCUT2D eigenvalue weighted by atomic mass is 9.95. The average Bonchev–Trinajstić information content (AvgIpc) is 3.25. The number of nitrogens with one attached hydrogen (secondary N) is 1. The molecule has 30 heavy (non-hydrogen) atoms. The fraction of sp³-hybridized carbons (Fsp3) is 0.435. The van der Waals surface area contributed by atoms with Crippen molar-refractivity contribution >= 4 is 0 Å². The van der Waals surface area contributed by atoms with Crippen LogP contribution in [0.25, 0.3) is 0 Å². The zero-order valence-corrected chi connectivity index (χ0v) is 18.1. The second-order valence-electron chi connectivity index (χ2n) is 8.58. The lowest BCUT2D eigenvalue weighted by Crippen LogP contribution is -3.12. The summed E-state index contributed by atoms with van der Waals surface area (Å²) in [5.74, 6) is 1.43. The Morgan fingerprint density at radius 3 is 2.70 bits per heavy atom. The first-order valence-corrected chi connectivity index (χ1v) is 10.5. The summed E-state index contributed by atoms with van der Waals surface area (Å²) < 4.78 is 7.36. The molecule has 7 heteroatoms. The van der Waals surface area contributed by atoms with E-state index in [-0.39, 0.29) is 17.3 Å². The van der Waals surface area contributed by atoms with E-state index < -0.39 is 0 Å². The number of phenolic OH excluding ortho intramolecular Hbond substituents is 1. The van der Waals surface area contributed by atoms with E-state index in [4.69, 9.17) is 4.74 Å². The van der Waals surface area contributed by atoms with Gasteiger partial charge in [0.2, 0.25) is 5.82 Å². The van der Waals surface area contributed by atoms with Crippen molar-refractivity contribution < 1.29 is 14.7 Å². The summed E-state index contributed by atoms with van der Waals surface area (Å²) in [6.07, 6.45) is 1.92. The van der Waals surface area contributed by atoms with Crippen LogP contribution in [0.4, 0.5) is 0 Å². The van der Waals surface area contributed by atoms with Crippen LogP contribution >= 0.6 is 0 Å². The van der Waals surface area contributed by atoms with Gasteiger partial charge in [0.15, 0.2) is 17.5 Å². The van der Waals surface area contributed by atoms with Gasteiger partial charge < -0.3 is 14.7 Å². The van der Waals surface area contributed by atoms with Crippen molar-refractivity contribution in [2.24, 2.45) is 0 Å². The van der Waals surface area contributed by atoms with Crippen molar-refractivity contribution in [3.8, 4) is 11.5 Å². The van der Waals surface area contributed by atoms with Gasteiger partial charge in [-0.15, -0.1) is 5.10 Å². The van der Waals surface area contributed by atoms with Gasteiger partial charge in [-0.3, -0.25) is 0 Å². The molecule has 1 unspecified atom stereocenters. The fourth-order valence-electron chi connectivity index (χ4n) is 4.24. The minimum absolute atomic E-state index is 0.0753. The van der Waals surface area contributed by atoms with Crippen molar-refractivity contribution in [3.63, 3.8) is 0 Å². The van der Waals surface area contributed by atoms with Crippen molar-refractivity contribution in [1.82, 2.24) is 20.2 Å². The summed E-state index contributed by atoms with van der Waals surface area (Å²) in [6, 6.07) is 14.1. The number of phenols is 1. The van der Waals surface area contributed by atoms with Crippen LogP contribution < -0.4 is 9.64 Å². The Hall–Kier alpha value is -2.93. The van der Waals surface area contributed by atoms with Gasteiger partial charge in [0.1, 0.15) is 6.54 Å². The lowest BCUT2D eigenvalue weighted by Gasteiger charge is -2.34. The number of rotatable bonds is 6. The summed E-state index contributed by atoms with van der Waals surface area (Å²) in [5, 5.41) is 23.0. The first-order valence-electron chi connectivity index (χ1n) is 10.5. The zero-order valence-electron chi connectivity index (χ0n) is 18.1. The van der Waals surface area contributed by atoms with E-state index in [1.54, 1.807) is 13.2 Å². The minimum Gasteiger partial charge on any atom is -0.504 e. The third-order valence-corrected chi connectivity index (χ3v) is 6.39.